The Kier molecular flexibility index (Phi) is 3.09. The van der Waals surface area contributed by atoms with Crippen LogP contribution in [0.25, 0.3) is 10.8 Å². The minimum atomic E-state index is 0.348. The molecule has 3 rings (SSSR count). The molecule has 0 unspecified atom stereocenters. The maximum atomic E-state index is 5.87. The Morgan fingerprint density at radius 1 is 1.26 bits per heavy atom. The summed E-state index contributed by atoms with van der Waals surface area (Å²) < 4.78 is 5.74. The van der Waals surface area contributed by atoms with Gasteiger partial charge >= 0.3 is 0 Å². The van der Waals surface area contributed by atoms with E-state index in [9.17, 15) is 0 Å². The normalized spacial score (nSPS) is 10.8. The van der Waals surface area contributed by atoms with Crippen molar-refractivity contribution in [1.82, 2.24) is 15.2 Å². The van der Waals surface area contributed by atoms with Crippen LogP contribution in [0.3, 0.4) is 0 Å². The van der Waals surface area contributed by atoms with Gasteiger partial charge in [0, 0.05) is 17.1 Å². The first kappa shape index (κ1) is 12.0. The van der Waals surface area contributed by atoms with Crippen LogP contribution in [0.2, 0.25) is 0 Å². The number of alkyl halides is 1. The van der Waals surface area contributed by atoms with Gasteiger partial charge in [-0.2, -0.15) is 0 Å². The molecule has 0 saturated heterocycles. The molecule has 0 bridgehead atoms. The molecule has 0 saturated carbocycles. The molecule has 0 atom stereocenters. The van der Waals surface area contributed by atoms with Gasteiger partial charge in [0.2, 0.25) is 11.8 Å². The van der Waals surface area contributed by atoms with Crippen molar-refractivity contribution in [3.8, 4) is 11.8 Å². The Bertz CT molecular complexity index is 724. The predicted molar refractivity (Wildman–Crippen MR) is 74.7 cm³/mol. The van der Waals surface area contributed by atoms with Gasteiger partial charge in [-0.05, 0) is 24.4 Å². The quantitative estimate of drug-likeness (QED) is 0.739. The number of aryl methyl sites for hydroxylation is 1. The van der Waals surface area contributed by atoms with Gasteiger partial charge in [-0.3, -0.25) is 5.10 Å². The second-order valence-corrected chi connectivity index (χ2v) is 4.53. The number of aromatic amines is 1. The number of nitrogens with zero attached hydrogens (tertiary/aromatic N) is 2. The highest BCUT2D eigenvalue weighted by Crippen LogP contribution is 2.28. The highest BCUT2D eigenvalue weighted by molar-refractivity contribution is 6.17. The van der Waals surface area contributed by atoms with E-state index in [1.807, 2.05) is 43.3 Å². The van der Waals surface area contributed by atoms with E-state index in [1.165, 1.54) is 0 Å². The average Bonchev–Trinajstić information content (AvgIpc) is 2.84. The van der Waals surface area contributed by atoms with Crippen molar-refractivity contribution in [2.24, 2.45) is 0 Å². The van der Waals surface area contributed by atoms with Crippen molar-refractivity contribution in [2.75, 3.05) is 0 Å². The van der Waals surface area contributed by atoms with E-state index in [4.69, 9.17) is 16.3 Å². The van der Waals surface area contributed by atoms with Crippen LogP contribution in [0.4, 0.5) is 0 Å². The summed E-state index contributed by atoms with van der Waals surface area (Å²) >= 11 is 5.87. The molecule has 0 amide bonds. The van der Waals surface area contributed by atoms with Crippen molar-refractivity contribution >= 4 is 22.4 Å². The number of H-pyrrole nitrogens is 1. The van der Waals surface area contributed by atoms with Crippen LogP contribution >= 0.6 is 11.6 Å². The summed E-state index contributed by atoms with van der Waals surface area (Å²) in [5.74, 6) is 1.38. The van der Waals surface area contributed by atoms with Crippen LogP contribution in [0.1, 0.15) is 11.4 Å². The van der Waals surface area contributed by atoms with Crippen LogP contribution in [-0.2, 0) is 5.88 Å². The lowest BCUT2D eigenvalue weighted by atomic mass is 10.1. The zero-order valence-corrected chi connectivity index (χ0v) is 11.1. The summed E-state index contributed by atoms with van der Waals surface area (Å²) in [6, 6.07) is 11.7. The number of aromatic nitrogens is 3. The highest BCUT2D eigenvalue weighted by atomic mass is 35.5. The summed E-state index contributed by atoms with van der Waals surface area (Å²) in [6.45, 7) is 1.92. The molecule has 19 heavy (non-hydrogen) atoms. The predicted octanol–water partition coefficient (Wildman–Crippen LogP) is 3.80. The van der Waals surface area contributed by atoms with Gasteiger partial charge in [-0.15, -0.1) is 16.7 Å². The monoisotopic (exact) mass is 273 g/mol. The van der Waals surface area contributed by atoms with E-state index in [-0.39, 0.29) is 0 Å². The van der Waals surface area contributed by atoms with Crippen molar-refractivity contribution in [1.29, 1.82) is 0 Å². The third-order valence-corrected chi connectivity index (χ3v) is 3.05. The van der Waals surface area contributed by atoms with E-state index in [2.05, 4.69) is 15.2 Å². The van der Waals surface area contributed by atoms with E-state index >= 15 is 0 Å². The lowest BCUT2D eigenvalue weighted by Crippen LogP contribution is -1.94. The van der Waals surface area contributed by atoms with Crippen LogP contribution < -0.4 is 4.74 Å². The highest BCUT2D eigenvalue weighted by Gasteiger charge is 2.09. The molecule has 0 aliphatic heterocycles. The molecule has 0 fully saturated rings. The van der Waals surface area contributed by atoms with Gasteiger partial charge in [-0.1, -0.05) is 18.2 Å². The van der Waals surface area contributed by atoms with Gasteiger partial charge in [0.15, 0.2) is 0 Å². The number of fused-ring (bicyclic) bond motifs is 1. The zero-order chi connectivity index (χ0) is 13.2. The maximum absolute atomic E-state index is 5.87. The fraction of sp³-hybridized carbons (Fsp3) is 0.143. The molecule has 5 heteroatoms. The molecule has 2 aromatic heterocycles. The fourth-order valence-electron chi connectivity index (χ4n) is 1.91. The molecule has 0 aliphatic carbocycles. The minimum absolute atomic E-state index is 0.348. The first-order chi connectivity index (χ1) is 9.26. The molecule has 0 radical (unpaired) electrons. The van der Waals surface area contributed by atoms with Gasteiger partial charge in [0.25, 0.3) is 0 Å². The average molecular weight is 274 g/mol. The van der Waals surface area contributed by atoms with Crippen LogP contribution in [-0.4, -0.2) is 15.2 Å². The lowest BCUT2D eigenvalue weighted by molar-refractivity contribution is 0.448. The molecule has 4 nitrogen and oxygen atoms in total. The number of halogens is 1. The van der Waals surface area contributed by atoms with Gasteiger partial charge in [0.05, 0.1) is 11.6 Å². The van der Waals surface area contributed by atoms with Crippen molar-refractivity contribution < 1.29 is 4.74 Å². The van der Waals surface area contributed by atoms with Crippen LogP contribution in [0, 0.1) is 6.92 Å². The van der Waals surface area contributed by atoms with Crippen LogP contribution in [0.15, 0.2) is 36.4 Å². The van der Waals surface area contributed by atoms with Crippen LogP contribution in [0.5, 0.6) is 11.8 Å². The zero-order valence-electron chi connectivity index (χ0n) is 10.4. The van der Waals surface area contributed by atoms with E-state index in [0.29, 0.717) is 17.6 Å². The summed E-state index contributed by atoms with van der Waals surface area (Å²) in [5, 5.41) is 8.88. The fourth-order valence-corrected chi connectivity index (χ4v) is 2.05. The van der Waals surface area contributed by atoms with Crippen molar-refractivity contribution in [3.05, 3.63) is 47.8 Å². The maximum Gasteiger partial charge on any atom is 0.240 e. The van der Waals surface area contributed by atoms with Crippen molar-refractivity contribution in [3.63, 3.8) is 0 Å². The molecule has 0 aliphatic rings. The van der Waals surface area contributed by atoms with Gasteiger partial charge in [-0.25, -0.2) is 4.98 Å². The summed E-state index contributed by atoms with van der Waals surface area (Å²) in [7, 11) is 0. The van der Waals surface area contributed by atoms with Gasteiger partial charge < -0.3 is 4.74 Å². The number of pyridine rings is 1. The summed E-state index contributed by atoms with van der Waals surface area (Å²) in [5.41, 5.74) is 1.72. The smallest absolute Gasteiger partial charge is 0.240 e. The number of hydrogen-bond donors (Lipinski definition) is 1. The SMILES string of the molecule is Cc1cc(Oc2nc(CCl)cc3ccccc23)n[nH]1. The Labute approximate surface area is 115 Å². The third kappa shape index (κ3) is 2.39. The van der Waals surface area contributed by atoms with E-state index < -0.39 is 0 Å². The third-order valence-electron chi connectivity index (χ3n) is 2.78. The molecule has 96 valence electrons. The van der Waals surface area contributed by atoms with Crippen molar-refractivity contribution in [2.45, 2.75) is 12.8 Å². The first-order valence-electron chi connectivity index (χ1n) is 5.91. The number of ether oxygens (including phenoxy) is 1. The number of nitrogens with one attached hydrogen (secondary N) is 1. The minimum Gasteiger partial charge on any atom is -0.418 e. The van der Waals surface area contributed by atoms with E-state index in [1.54, 1.807) is 0 Å². The standard InChI is InChI=1S/C14H12ClN3O/c1-9-6-13(18-17-9)19-14-12-5-3-2-4-10(12)7-11(8-15)16-14/h2-7H,8H2,1H3,(H,17,18). The molecule has 0 spiro atoms. The second-order valence-electron chi connectivity index (χ2n) is 4.26. The molecule has 3 aromatic rings. The molecule has 2 heterocycles. The number of benzene rings is 1. The lowest BCUT2D eigenvalue weighted by Gasteiger charge is -2.07. The Morgan fingerprint density at radius 3 is 2.84 bits per heavy atom. The van der Waals surface area contributed by atoms with E-state index in [0.717, 1.165) is 22.2 Å². The first-order valence-corrected chi connectivity index (χ1v) is 6.44. The molecule has 1 N–H and O–H groups in total. The summed E-state index contributed by atoms with van der Waals surface area (Å²) in [6.07, 6.45) is 0. The summed E-state index contributed by atoms with van der Waals surface area (Å²) in [4.78, 5) is 4.42. The Balaban J connectivity index is 2.10. The largest absolute Gasteiger partial charge is 0.418 e. The second kappa shape index (κ2) is 4.90. The Morgan fingerprint density at radius 2 is 2.11 bits per heavy atom. The topological polar surface area (TPSA) is 50.8 Å². The Hall–Kier alpha value is -2.07. The number of hydrogen-bond acceptors (Lipinski definition) is 3. The number of rotatable bonds is 3. The molecular weight excluding hydrogens is 262 g/mol. The molecule has 1 aromatic carbocycles. The van der Waals surface area contributed by atoms with Gasteiger partial charge in [0.1, 0.15) is 0 Å². The molecular formula is C14H12ClN3O.